The van der Waals surface area contributed by atoms with Crippen LogP contribution in [-0.4, -0.2) is 46.1 Å². The van der Waals surface area contributed by atoms with E-state index in [1.807, 2.05) is 13.8 Å². The molecule has 0 radical (unpaired) electrons. The molecule has 0 aliphatic carbocycles. The van der Waals surface area contributed by atoms with Crippen molar-refractivity contribution in [1.29, 1.82) is 0 Å². The predicted octanol–water partition coefficient (Wildman–Crippen LogP) is 1.66. The van der Waals surface area contributed by atoms with Gasteiger partial charge in [0, 0.05) is 32.3 Å². The minimum Gasteiger partial charge on any atom is -0.465 e. The quantitative estimate of drug-likeness (QED) is 0.701. The first-order valence-corrected chi connectivity index (χ1v) is 8.63. The van der Waals surface area contributed by atoms with Gasteiger partial charge in [0.15, 0.2) is 0 Å². The van der Waals surface area contributed by atoms with E-state index in [-0.39, 0.29) is 4.90 Å². The highest BCUT2D eigenvalue weighted by atomic mass is 32.2. The predicted molar refractivity (Wildman–Crippen MR) is 81.9 cm³/mol. The first-order valence-electron chi connectivity index (χ1n) is 7.19. The summed E-state index contributed by atoms with van der Waals surface area (Å²) in [5.74, 6) is 1.08. The van der Waals surface area contributed by atoms with Crippen LogP contribution in [0, 0.1) is 13.8 Å². The number of nitrogens with one attached hydrogen (secondary N) is 1. The SMILES string of the molecule is CCNCc1c(C)oc(C)c1S(=O)(=O)N(C)CCOCC. The maximum absolute atomic E-state index is 12.7. The third kappa shape index (κ3) is 4.29. The van der Waals surface area contributed by atoms with Crippen molar-refractivity contribution < 1.29 is 17.6 Å². The Morgan fingerprint density at radius 1 is 1.24 bits per heavy atom. The Kier molecular flexibility index (Phi) is 6.86. The van der Waals surface area contributed by atoms with Gasteiger partial charge in [-0.25, -0.2) is 8.42 Å². The fraction of sp³-hybridized carbons (Fsp3) is 0.714. The zero-order chi connectivity index (χ0) is 16.0. The van der Waals surface area contributed by atoms with Crippen LogP contribution in [0.15, 0.2) is 9.31 Å². The largest absolute Gasteiger partial charge is 0.465 e. The molecule has 1 rings (SSSR count). The second kappa shape index (κ2) is 7.93. The van der Waals surface area contributed by atoms with Crippen molar-refractivity contribution in [3.8, 4) is 0 Å². The summed E-state index contributed by atoms with van der Waals surface area (Å²) < 4.78 is 37.5. The lowest BCUT2D eigenvalue weighted by atomic mass is 10.2. The first-order chi connectivity index (χ1) is 9.86. The number of furan rings is 1. The van der Waals surface area contributed by atoms with E-state index in [0.717, 1.165) is 6.54 Å². The Bertz CT molecular complexity index is 552. The molecule has 0 aromatic carbocycles. The average molecular weight is 318 g/mol. The number of sulfonamides is 1. The van der Waals surface area contributed by atoms with E-state index in [9.17, 15) is 8.42 Å². The van der Waals surface area contributed by atoms with Crippen LogP contribution in [0.5, 0.6) is 0 Å². The lowest BCUT2D eigenvalue weighted by Gasteiger charge is -2.17. The summed E-state index contributed by atoms with van der Waals surface area (Å²) >= 11 is 0. The summed E-state index contributed by atoms with van der Waals surface area (Å²) in [5.41, 5.74) is 0.706. The van der Waals surface area contributed by atoms with Gasteiger partial charge in [-0.15, -0.1) is 0 Å². The van der Waals surface area contributed by atoms with E-state index in [1.165, 1.54) is 4.31 Å². The average Bonchev–Trinajstić information content (AvgIpc) is 2.71. The molecule has 122 valence electrons. The highest BCUT2D eigenvalue weighted by molar-refractivity contribution is 7.89. The van der Waals surface area contributed by atoms with Crippen molar-refractivity contribution in [2.75, 3.05) is 33.4 Å². The highest BCUT2D eigenvalue weighted by Gasteiger charge is 2.30. The van der Waals surface area contributed by atoms with E-state index in [4.69, 9.17) is 9.15 Å². The molecule has 7 heteroatoms. The van der Waals surface area contributed by atoms with E-state index < -0.39 is 10.0 Å². The minimum atomic E-state index is -3.57. The third-order valence-corrected chi connectivity index (χ3v) is 5.35. The molecule has 0 amide bonds. The second-order valence-electron chi connectivity index (χ2n) is 4.83. The van der Waals surface area contributed by atoms with Crippen LogP contribution in [0.2, 0.25) is 0 Å². The monoisotopic (exact) mass is 318 g/mol. The van der Waals surface area contributed by atoms with Gasteiger partial charge < -0.3 is 14.5 Å². The van der Waals surface area contributed by atoms with Crippen molar-refractivity contribution in [3.63, 3.8) is 0 Å². The van der Waals surface area contributed by atoms with Crippen LogP contribution in [0.3, 0.4) is 0 Å². The molecule has 0 fully saturated rings. The molecule has 0 atom stereocenters. The van der Waals surface area contributed by atoms with Crippen molar-refractivity contribution in [2.45, 2.75) is 39.1 Å². The first kappa shape index (κ1) is 18.2. The van der Waals surface area contributed by atoms with Crippen LogP contribution in [0.1, 0.15) is 30.9 Å². The van der Waals surface area contributed by atoms with Crippen LogP contribution in [0.4, 0.5) is 0 Å². The smallest absolute Gasteiger partial charge is 0.246 e. The molecule has 0 spiro atoms. The third-order valence-electron chi connectivity index (χ3n) is 3.30. The van der Waals surface area contributed by atoms with Gasteiger partial charge in [-0.2, -0.15) is 4.31 Å². The van der Waals surface area contributed by atoms with Gasteiger partial charge in [0.05, 0.1) is 6.61 Å². The molecule has 1 N–H and O–H groups in total. The lowest BCUT2D eigenvalue weighted by molar-refractivity contribution is 0.138. The maximum Gasteiger partial charge on any atom is 0.246 e. The number of nitrogens with zero attached hydrogens (tertiary/aromatic N) is 1. The summed E-state index contributed by atoms with van der Waals surface area (Å²) in [5, 5.41) is 3.15. The molecule has 21 heavy (non-hydrogen) atoms. The van der Waals surface area contributed by atoms with Crippen LogP contribution in [-0.2, 0) is 21.3 Å². The topological polar surface area (TPSA) is 71.8 Å². The second-order valence-corrected chi connectivity index (χ2v) is 6.81. The molecule has 1 heterocycles. The Morgan fingerprint density at radius 3 is 2.48 bits per heavy atom. The zero-order valence-corrected chi connectivity index (χ0v) is 14.3. The molecule has 0 saturated carbocycles. The highest BCUT2D eigenvalue weighted by Crippen LogP contribution is 2.28. The number of hydrogen-bond acceptors (Lipinski definition) is 5. The van der Waals surface area contributed by atoms with Gasteiger partial charge >= 0.3 is 0 Å². The number of likely N-dealkylation sites (N-methyl/N-ethyl adjacent to an activating group) is 1. The van der Waals surface area contributed by atoms with Gasteiger partial charge in [0.25, 0.3) is 0 Å². The van der Waals surface area contributed by atoms with E-state index in [1.54, 1.807) is 20.9 Å². The minimum absolute atomic E-state index is 0.278. The molecular weight excluding hydrogens is 292 g/mol. The molecule has 0 aliphatic heterocycles. The lowest BCUT2D eigenvalue weighted by Crippen LogP contribution is -2.31. The molecule has 0 saturated heterocycles. The van der Waals surface area contributed by atoms with E-state index in [2.05, 4.69) is 5.32 Å². The van der Waals surface area contributed by atoms with Gasteiger partial charge in [-0.1, -0.05) is 6.92 Å². The van der Waals surface area contributed by atoms with E-state index in [0.29, 0.717) is 43.4 Å². The molecule has 1 aromatic heterocycles. The summed E-state index contributed by atoms with van der Waals surface area (Å²) in [7, 11) is -2.01. The number of hydrogen-bond donors (Lipinski definition) is 1. The van der Waals surface area contributed by atoms with Crippen molar-refractivity contribution in [2.24, 2.45) is 0 Å². The van der Waals surface area contributed by atoms with Gasteiger partial charge in [0.2, 0.25) is 10.0 Å². The number of rotatable bonds is 9. The fourth-order valence-electron chi connectivity index (χ4n) is 2.12. The molecule has 1 aromatic rings. The standard InChI is InChI=1S/C14H26N2O4S/c1-6-15-10-13-11(3)20-12(4)14(13)21(17,18)16(5)8-9-19-7-2/h15H,6-10H2,1-5H3. The Labute approximate surface area is 127 Å². The Morgan fingerprint density at radius 2 is 1.90 bits per heavy atom. The summed E-state index contributed by atoms with van der Waals surface area (Å²) in [6.07, 6.45) is 0. The van der Waals surface area contributed by atoms with Crippen LogP contribution < -0.4 is 5.32 Å². The normalized spacial score (nSPS) is 12.3. The summed E-state index contributed by atoms with van der Waals surface area (Å²) in [6, 6.07) is 0. The molecule has 0 aliphatic rings. The molecule has 0 unspecified atom stereocenters. The van der Waals surface area contributed by atoms with Gasteiger partial charge in [0.1, 0.15) is 16.4 Å². The fourth-order valence-corrected chi connectivity index (χ4v) is 3.67. The van der Waals surface area contributed by atoms with E-state index >= 15 is 0 Å². The Hall–Kier alpha value is -0.890. The zero-order valence-electron chi connectivity index (χ0n) is 13.5. The van der Waals surface area contributed by atoms with Crippen molar-refractivity contribution >= 4 is 10.0 Å². The molecule has 0 bridgehead atoms. The summed E-state index contributed by atoms with van der Waals surface area (Å²) in [4.78, 5) is 0.278. The van der Waals surface area contributed by atoms with Crippen LogP contribution >= 0.6 is 0 Å². The molecular formula is C14H26N2O4S. The van der Waals surface area contributed by atoms with Crippen LogP contribution in [0.25, 0.3) is 0 Å². The van der Waals surface area contributed by atoms with Crippen molar-refractivity contribution in [3.05, 3.63) is 17.1 Å². The Balaban J connectivity index is 3.06. The maximum atomic E-state index is 12.7. The number of ether oxygens (including phenoxy) is 1. The summed E-state index contributed by atoms with van der Waals surface area (Å²) in [6.45, 7) is 9.85. The molecule has 6 nitrogen and oxygen atoms in total. The van der Waals surface area contributed by atoms with Crippen molar-refractivity contribution in [1.82, 2.24) is 9.62 Å². The van der Waals surface area contributed by atoms with Gasteiger partial charge in [-0.05, 0) is 27.3 Å². The number of aryl methyl sites for hydroxylation is 2. The van der Waals surface area contributed by atoms with Gasteiger partial charge in [-0.3, -0.25) is 0 Å².